The molecule has 0 N–H and O–H groups in total. The third-order valence-electron chi connectivity index (χ3n) is 4.01. The number of hydrogen-bond acceptors (Lipinski definition) is 4. The standard InChI is InChI=1S/C21H25N3O2/c1-20(2,3)16-11-14(12-17(18(16)25)21(4,5)6)13-23-24-19(26)15-7-9-22-10-8-15/h7-13H,1-6H3. The van der Waals surface area contributed by atoms with Gasteiger partial charge in [-0.15, -0.1) is 5.11 Å². The summed E-state index contributed by atoms with van der Waals surface area (Å²) in [6.07, 6.45) is 8.24. The number of pyridine rings is 1. The van der Waals surface area contributed by atoms with Crippen molar-refractivity contribution in [2.24, 2.45) is 21.1 Å². The van der Waals surface area contributed by atoms with Crippen molar-refractivity contribution in [1.29, 1.82) is 0 Å². The number of hydrogen-bond donors (Lipinski definition) is 0. The number of Topliss-reactive ketones (excluding diaryl/α,β-unsaturated/α-hetero) is 1. The van der Waals surface area contributed by atoms with Gasteiger partial charge in [0.25, 0.3) is 5.91 Å². The molecule has 1 amide bonds. The first-order valence-electron chi connectivity index (χ1n) is 8.54. The van der Waals surface area contributed by atoms with E-state index in [-0.39, 0.29) is 16.6 Å². The van der Waals surface area contributed by atoms with Gasteiger partial charge in [0.1, 0.15) is 0 Å². The lowest BCUT2D eigenvalue weighted by Crippen LogP contribution is -2.27. The Labute approximate surface area is 154 Å². The number of amides is 1. The zero-order valence-electron chi connectivity index (χ0n) is 16.2. The highest BCUT2D eigenvalue weighted by atomic mass is 16.1. The van der Waals surface area contributed by atoms with Crippen molar-refractivity contribution in [3.05, 3.63) is 65.2 Å². The molecule has 1 heterocycles. The molecule has 1 aromatic heterocycles. The van der Waals surface area contributed by atoms with Crippen molar-refractivity contribution in [1.82, 2.24) is 4.98 Å². The number of azo groups is 1. The molecule has 0 fully saturated rings. The Kier molecular flexibility index (Phi) is 5.50. The van der Waals surface area contributed by atoms with Gasteiger partial charge < -0.3 is 0 Å². The second-order valence-corrected chi connectivity index (χ2v) is 8.33. The highest BCUT2D eigenvalue weighted by molar-refractivity contribution is 6.11. The molecule has 0 aromatic carbocycles. The first kappa shape index (κ1) is 19.6. The number of nitrogens with zero attached hydrogens (tertiary/aromatic N) is 3. The van der Waals surface area contributed by atoms with Crippen molar-refractivity contribution in [3.63, 3.8) is 0 Å². The van der Waals surface area contributed by atoms with E-state index >= 15 is 0 Å². The smallest absolute Gasteiger partial charge is 0.289 e. The summed E-state index contributed by atoms with van der Waals surface area (Å²) in [4.78, 5) is 28.7. The molecule has 0 saturated heterocycles. The van der Waals surface area contributed by atoms with Gasteiger partial charge in [0.15, 0.2) is 5.78 Å². The van der Waals surface area contributed by atoms with Crippen LogP contribution in [0.25, 0.3) is 0 Å². The molecule has 0 unspecified atom stereocenters. The summed E-state index contributed by atoms with van der Waals surface area (Å²) in [5.74, 6) is -0.372. The number of carbonyl (C=O) groups excluding carboxylic acids is 2. The van der Waals surface area contributed by atoms with Gasteiger partial charge in [-0.3, -0.25) is 14.6 Å². The van der Waals surface area contributed by atoms with E-state index in [1.807, 2.05) is 53.7 Å². The van der Waals surface area contributed by atoms with E-state index in [1.54, 1.807) is 12.1 Å². The van der Waals surface area contributed by atoms with Crippen molar-refractivity contribution in [3.8, 4) is 0 Å². The molecule has 1 aromatic rings. The highest BCUT2D eigenvalue weighted by Gasteiger charge is 2.33. The lowest BCUT2D eigenvalue weighted by Gasteiger charge is -2.31. The fraction of sp³-hybridized carbons (Fsp3) is 0.381. The van der Waals surface area contributed by atoms with Gasteiger partial charge in [-0.2, -0.15) is 5.11 Å². The van der Waals surface area contributed by atoms with Crippen molar-refractivity contribution in [2.45, 2.75) is 41.5 Å². The van der Waals surface area contributed by atoms with Crippen LogP contribution in [-0.2, 0) is 4.79 Å². The molecule has 1 aliphatic rings. The Hall–Kier alpha value is -2.69. The number of ketones is 1. The third kappa shape index (κ3) is 4.69. The minimum atomic E-state index is -0.434. The molecule has 0 atom stereocenters. The Bertz CT molecular complexity index is 794. The second kappa shape index (κ2) is 7.28. The molecule has 2 rings (SSSR count). The van der Waals surface area contributed by atoms with Gasteiger partial charge in [0.2, 0.25) is 0 Å². The van der Waals surface area contributed by atoms with Gasteiger partial charge in [0, 0.05) is 29.1 Å². The average Bonchev–Trinajstić information content (AvgIpc) is 2.54. The number of allylic oxidation sites excluding steroid dienone is 5. The number of aromatic nitrogens is 1. The molecule has 0 spiro atoms. The van der Waals surface area contributed by atoms with E-state index in [0.717, 1.165) is 16.7 Å². The predicted octanol–water partition coefficient (Wildman–Crippen LogP) is 5.09. The normalized spacial score (nSPS) is 15.8. The largest absolute Gasteiger partial charge is 0.295 e. The molecular formula is C21H25N3O2. The summed E-state index contributed by atoms with van der Waals surface area (Å²) in [7, 11) is 0. The maximum absolute atomic E-state index is 12.9. The summed E-state index contributed by atoms with van der Waals surface area (Å²) in [6.45, 7) is 12.1. The minimum absolute atomic E-state index is 0.0620. The fourth-order valence-corrected chi connectivity index (χ4v) is 2.54. The Morgan fingerprint density at radius 2 is 1.46 bits per heavy atom. The zero-order valence-corrected chi connectivity index (χ0v) is 16.2. The van der Waals surface area contributed by atoms with Crippen LogP contribution in [0.1, 0.15) is 51.9 Å². The Morgan fingerprint density at radius 3 is 1.92 bits per heavy atom. The Morgan fingerprint density at radius 1 is 0.962 bits per heavy atom. The zero-order chi connectivity index (χ0) is 19.5. The van der Waals surface area contributed by atoms with Crippen LogP contribution < -0.4 is 0 Å². The van der Waals surface area contributed by atoms with Crippen LogP contribution >= 0.6 is 0 Å². The molecule has 0 saturated carbocycles. The van der Waals surface area contributed by atoms with Gasteiger partial charge in [-0.1, -0.05) is 41.5 Å². The molecule has 0 radical (unpaired) electrons. The van der Waals surface area contributed by atoms with Gasteiger partial charge in [-0.25, -0.2) is 0 Å². The first-order chi connectivity index (χ1) is 12.0. The van der Waals surface area contributed by atoms with E-state index < -0.39 is 5.91 Å². The maximum Gasteiger partial charge on any atom is 0.295 e. The highest BCUT2D eigenvalue weighted by Crippen LogP contribution is 2.38. The first-order valence-corrected chi connectivity index (χ1v) is 8.54. The van der Waals surface area contributed by atoms with Gasteiger partial charge in [0.05, 0.1) is 6.20 Å². The summed E-state index contributed by atoms with van der Waals surface area (Å²) in [5, 5.41) is 7.64. The average molecular weight is 351 g/mol. The molecule has 0 bridgehead atoms. The number of rotatable bonds is 2. The number of carbonyl (C=O) groups is 2. The Balaban J connectivity index is 2.36. The van der Waals surface area contributed by atoms with E-state index in [9.17, 15) is 9.59 Å². The molecule has 5 nitrogen and oxygen atoms in total. The molecule has 26 heavy (non-hydrogen) atoms. The third-order valence-corrected chi connectivity index (χ3v) is 4.01. The lowest BCUT2D eigenvalue weighted by molar-refractivity contribution is -0.114. The molecule has 0 aliphatic heterocycles. The van der Waals surface area contributed by atoms with E-state index in [4.69, 9.17) is 0 Å². The fourth-order valence-electron chi connectivity index (χ4n) is 2.54. The van der Waals surface area contributed by atoms with Crippen LogP contribution in [0, 0.1) is 10.8 Å². The van der Waals surface area contributed by atoms with E-state index in [2.05, 4.69) is 15.2 Å². The summed E-state index contributed by atoms with van der Waals surface area (Å²) in [6, 6.07) is 3.17. The maximum atomic E-state index is 12.9. The quantitative estimate of drug-likeness (QED) is 0.697. The van der Waals surface area contributed by atoms with Gasteiger partial charge in [-0.05, 0) is 40.7 Å². The van der Waals surface area contributed by atoms with Crippen LogP contribution in [0.3, 0.4) is 0 Å². The van der Waals surface area contributed by atoms with Gasteiger partial charge >= 0.3 is 0 Å². The van der Waals surface area contributed by atoms with Crippen LogP contribution in [0.15, 0.2) is 69.8 Å². The van der Waals surface area contributed by atoms with Crippen LogP contribution in [0.2, 0.25) is 0 Å². The predicted molar refractivity (Wildman–Crippen MR) is 102 cm³/mol. The summed E-state index contributed by atoms with van der Waals surface area (Å²) >= 11 is 0. The molecule has 1 aliphatic carbocycles. The van der Waals surface area contributed by atoms with Crippen LogP contribution in [0.5, 0.6) is 0 Å². The van der Waals surface area contributed by atoms with E-state index in [1.165, 1.54) is 18.6 Å². The molecule has 136 valence electrons. The van der Waals surface area contributed by atoms with Crippen LogP contribution in [-0.4, -0.2) is 16.7 Å². The van der Waals surface area contributed by atoms with E-state index in [0.29, 0.717) is 5.56 Å². The lowest BCUT2D eigenvalue weighted by atomic mass is 9.72. The molecular weight excluding hydrogens is 326 g/mol. The monoisotopic (exact) mass is 351 g/mol. The summed E-state index contributed by atoms with van der Waals surface area (Å²) in [5.41, 5.74) is 2.07. The topological polar surface area (TPSA) is 71.8 Å². The van der Waals surface area contributed by atoms with Crippen molar-refractivity contribution >= 4 is 11.7 Å². The van der Waals surface area contributed by atoms with Crippen molar-refractivity contribution in [2.75, 3.05) is 0 Å². The minimum Gasteiger partial charge on any atom is -0.289 e. The van der Waals surface area contributed by atoms with Crippen LogP contribution in [0.4, 0.5) is 0 Å². The van der Waals surface area contributed by atoms with Crippen molar-refractivity contribution < 1.29 is 9.59 Å². The second-order valence-electron chi connectivity index (χ2n) is 8.33. The molecule has 5 heteroatoms. The summed E-state index contributed by atoms with van der Waals surface area (Å²) < 4.78 is 0. The SMILES string of the molecule is CC(C)(C)C1=CC(=CN=NC(=O)c2ccncc2)C=C(C(C)(C)C)C1=O.